The van der Waals surface area contributed by atoms with Crippen LogP contribution in [0.1, 0.15) is 37.7 Å². The van der Waals surface area contributed by atoms with Crippen molar-refractivity contribution in [3.8, 4) is 11.1 Å². The molecule has 5 rings (SSSR count). The van der Waals surface area contributed by atoms with Gasteiger partial charge in [-0.3, -0.25) is 0 Å². The second-order valence-electron chi connectivity index (χ2n) is 8.54. The molecule has 2 fully saturated rings. The lowest BCUT2D eigenvalue weighted by Crippen LogP contribution is -2.41. The van der Waals surface area contributed by atoms with Crippen molar-refractivity contribution in [1.82, 2.24) is 19.9 Å². The van der Waals surface area contributed by atoms with Gasteiger partial charge in [-0.15, -0.1) is 0 Å². The van der Waals surface area contributed by atoms with Gasteiger partial charge in [-0.2, -0.15) is 0 Å². The van der Waals surface area contributed by atoms with Gasteiger partial charge in [0.25, 0.3) is 0 Å². The lowest BCUT2D eigenvalue weighted by molar-refractivity contribution is 0.121. The number of rotatable bonds is 7. The molecule has 7 nitrogen and oxygen atoms in total. The normalized spacial score (nSPS) is 16.6. The number of aryl methyl sites for hydroxylation is 1. The summed E-state index contributed by atoms with van der Waals surface area (Å²) in [6.45, 7) is 4.19. The van der Waals surface area contributed by atoms with Gasteiger partial charge >= 0.3 is 0 Å². The van der Waals surface area contributed by atoms with E-state index in [9.17, 15) is 0 Å². The summed E-state index contributed by atoms with van der Waals surface area (Å²) in [5.74, 6) is 1.54. The van der Waals surface area contributed by atoms with Crippen molar-refractivity contribution in [3.63, 3.8) is 0 Å². The van der Waals surface area contributed by atoms with E-state index in [-0.39, 0.29) is 0 Å². The molecule has 2 aromatic heterocycles. The summed E-state index contributed by atoms with van der Waals surface area (Å²) in [6, 6.07) is 8.13. The Hall–Kier alpha value is -2.05. The van der Waals surface area contributed by atoms with Crippen LogP contribution in [0.3, 0.4) is 0 Å². The molecule has 0 spiro atoms. The molecule has 31 heavy (non-hydrogen) atoms. The molecular weight excluding hydrogens is 409 g/mol. The Balaban J connectivity index is 0.000000212. The molecule has 166 valence electrons. The van der Waals surface area contributed by atoms with Crippen molar-refractivity contribution in [2.75, 3.05) is 31.5 Å². The van der Waals surface area contributed by atoms with E-state index in [1.54, 1.807) is 0 Å². The smallest absolute Gasteiger partial charge is 0.164 e. The van der Waals surface area contributed by atoms with Gasteiger partial charge < -0.3 is 25.4 Å². The van der Waals surface area contributed by atoms with Gasteiger partial charge in [0.05, 0.1) is 5.39 Å². The molecule has 1 aliphatic carbocycles. The third-order valence-electron chi connectivity index (χ3n) is 6.25. The number of aromatic nitrogens is 3. The molecule has 0 unspecified atom stereocenters. The second kappa shape index (κ2) is 10.5. The first-order chi connectivity index (χ1) is 15.1. The molecule has 1 aromatic carbocycles. The molecule has 1 saturated carbocycles. The maximum atomic E-state index is 8.97. The molecule has 0 atom stereocenters. The number of nitrogens with zero attached hydrogens (tertiary/aromatic N) is 3. The maximum Gasteiger partial charge on any atom is 0.164 e. The SMILES string of the molecule is C1CC(CN2CCC2)C1.Nc1ncnc2[nH]cc(-c3cccc(CCCP(O)O)c3)c12. The minimum atomic E-state index is -1.81. The second-order valence-corrected chi connectivity index (χ2v) is 9.73. The van der Waals surface area contributed by atoms with Crippen molar-refractivity contribution in [1.29, 1.82) is 0 Å². The van der Waals surface area contributed by atoms with E-state index < -0.39 is 8.38 Å². The molecule has 3 aromatic rings. The van der Waals surface area contributed by atoms with Crippen molar-refractivity contribution in [2.24, 2.45) is 5.92 Å². The van der Waals surface area contributed by atoms with Crippen LogP contribution in [0.15, 0.2) is 36.8 Å². The number of aromatic amines is 1. The Morgan fingerprint density at radius 3 is 2.68 bits per heavy atom. The summed E-state index contributed by atoms with van der Waals surface area (Å²) in [6.07, 6.45) is 11.3. The van der Waals surface area contributed by atoms with Crippen LogP contribution in [-0.2, 0) is 6.42 Å². The summed E-state index contributed by atoms with van der Waals surface area (Å²) in [5, 5.41) is 0.828. The number of hydrogen-bond acceptors (Lipinski definition) is 6. The van der Waals surface area contributed by atoms with E-state index in [1.807, 2.05) is 24.4 Å². The van der Waals surface area contributed by atoms with Gasteiger partial charge in [0.2, 0.25) is 0 Å². The van der Waals surface area contributed by atoms with Gasteiger partial charge in [0.1, 0.15) is 17.8 Å². The first kappa shape index (κ1) is 22.2. The predicted molar refractivity (Wildman–Crippen MR) is 127 cm³/mol. The highest BCUT2D eigenvalue weighted by Gasteiger charge is 2.23. The third kappa shape index (κ3) is 5.80. The molecule has 3 heterocycles. The fraction of sp³-hybridized carbons (Fsp3) is 0.478. The Morgan fingerprint density at radius 1 is 1.16 bits per heavy atom. The fourth-order valence-electron chi connectivity index (χ4n) is 4.14. The highest BCUT2D eigenvalue weighted by atomic mass is 31.2. The van der Waals surface area contributed by atoms with Gasteiger partial charge in [-0.05, 0) is 62.2 Å². The Labute approximate surface area is 184 Å². The summed E-state index contributed by atoms with van der Waals surface area (Å²) in [5.41, 5.74) is 9.85. The van der Waals surface area contributed by atoms with Crippen LogP contribution in [0.25, 0.3) is 22.2 Å². The number of fused-ring (bicyclic) bond motifs is 1. The van der Waals surface area contributed by atoms with E-state index in [2.05, 4.69) is 25.9 Å². The lowest BCUT2D eigenvalue weighted by Gasteiger charge is -2.37. The predicted octanol–water partition coefficient (Wildman–Crippen LogP) is 3.93. The third-order valence-corrected chi connectivity index (χ3v) is 6.97. The number of anilines is 1. The summed E-state index contributed by atoms with van der Waals surface area (Å²) >= 11 is 0. The van der Waals surface area contributed by atoms with Gasteiger partial charge in [0.15, 0.2) is 8.38 Å². The first-order valence-corrected chi connectivity index (χ1v) is 12.6. The van der Waals surface area contributed by atoms with Crippen molar-refractivity contribution >= 4 is 25.2 Å². The monoisotopic (exact) mass is 441 g/mol. The van der Waals surface area contributed by atoms with Crippen LogP contribution in [0.2, 0.25) is 0 Å². The molecular formula is C23H32N5O2P. The van der Waals surface area contributed by atoms with Gasteiger partial charge in [0, 0.05) is 24.5 Å². The molecule has 1 saturated heterocycles. The number of H-pyrrole nitrogens is 1. The van der Waals surface area contributed by atoms with Crippen LogP contribution in [0.5, 0.6) is 0 Å². The lowest BCUT2D eigenvalue weighted by atomic mass is 9.84. The Morgan fingerprint density at radius 2 is 2.00 bits per heavy atom. The topological polar surface area (TPSA) is 111 Å². The van der Waals surface area contributed by atoms with E-state index in [0.717, 1.165) is 46.5 Å². The van der Waals surface area contributed by atoms with Gasteiger partial charge in [-0.1, -0.05) is 30.7 Å². The van der Waals surface area contributed by atoms with Crippen LogP contribution >= 0.6 is 8.38 Å². The fourth-order valence-corrected chi connectivity index (χ4v) is 4.58. The van der Waals surface area contributed by atoms with Crippen LogP contribution in [-0.4, -0.2) is 55.4 Å². The Kier molecular flexibility index (Phi) is 7.51. The number of benzene rings is 1. The van der Waals surface area contributed by atoms with Crippen molar-refractivity contribution in [2.45, 2.75) is 38.5 Å². The van der Waals surface area contributed by atoms with E-state index in [4.69, 9.17) is 15.5 Å². The van der Waals surface area contributed by atoms with Crippen LogP contribution < -0.4 is 5.73 Å². The van der Waals surface area contributed by atoms with E-state index >= 15 is 0 Å². The van der Waals surface area contributed by atoms with E-state index in [1.165, 1.54) is 51.6 Å². The minimum Gasteiger partial charge on any atom is -0.383 e. The molecule has 0 amide bonds. The largest absolute Gasteiger partial charge is 0.383 e. The molecule has 1 aliphatic heterocycles. The summed E-state index contributed by atoms with van der Waals surface area (Å²) < 4.78 is 0. The number of hydrogen-bond donors (Lipinski definition) is 4. The number of nitrogens with one attached hydrogen (secondary N) is 1. The zero-order valence-corrected chi connectivity index (χ0v) is 18.8. The number of likely N-dealkylation sites (tertiary alicyclic amines) is 1. The first-order valence-electron chi connectivity index (χ1n) is 11.1. The summed E-state index contributed by atoms with van der Waals surface area (Å²) in [7, 11) is -1.81. The average molecular weight is 442 g/mol. The highest BCUT2D eigenvalue weighted by Crippen LogP contribution is 2.31. The zero-order chi connectivity index (χ0) is 21.6. The number of nitrogens with two attached hydrogens (primary N) is 1. The minimum absolute atomic E-state index is 0.438. The van der Waals surface area contributed by atoms with Crippen LogP contribution in [0.4, 0.5) is 5.82 Å². The van der Waals surface area contributed by atoms with E-state index in [0.29, 0.717) is 12.0 Å². The van der Waals surface area contributed by atoms with Gasteiger partial charge in [-0.25, -0.2) is 9.97 Å². The quantitative estimate of drug-likeness (QED) is 0.414. The molecule has 0 radical (unpaired) electrons. The zero-order valence-electron chi connectivity index (χ0n) is 17.9. The highest BCUT2D eigenvalue weighted by molar-refractivity contribution is 7.45. The standard InChI is InChI=1S/C15H17N4O2P.C8H15N/c16-14-13-12(8-17-15(13)19-9-18-14)11-5-1-3-10(7-11)4-2-6-22(20)21;1-3-8(4-1)7-9-5-2-6-9/h1,3,5,7-9,20-21H,2,4,6H2,(H3,16,17,18,19);8H,1-7H2. The van der Waals surface area contributed by atoms with Crippen molar-refractivity contribution in [3.05, 3.63) is 42.4 Å². The maximum absolute atomic E-state index is 8.97. The Bertz CT molecular complexity index is 973. The van der Waals surface area contributed by atoms with Crippen molar-refractivity contribution < 1.29 is 9.79 Å². The molecule has 8 heteroatoms. The number of nitrogen functional groups attached to an aromatic ring is 1. The average Bonchev–Trinajstić information content (AvgIpc) is 3.12. The molecule has 5 N–H and O–H groups in total. The summed E-state index contributed by atoms with van der Waals surface area (Å²) in [4.78, 5) is 31.9. The molecule has 0 bridgehead atoms. The molecule has 2 aliphatic rings. The van der Waals surface area contributed by atoms with Crippen LogP contribution in [0, 0.1) is 5.92 Å².